The average Bonchev–Trinajstić information content (AvgIpc) is 3.43. The zero-order valence-corrected chi connectivity index (χ0v) is 21.0. The average molecular weight is 516 g/mol. The topological polar surface area (TPSA) is 40.5 Å². The van der Waals surface area contributed by atoms with Gasteiger partial charge in [-0.05, 0) is 62.1 Å². The standard InChI is InChI=1S/C28H28F3NO3S/c1-3-34-26(33)12-8-7-11-21-15-20-16-22(13-14-25(20)32(21)2)35-18-23-17-24(19-9-5-4-6-10-19)27(36-23)28(29,30)31/h4-6,9-10,13-17H,3,7-8,11-12,18H2,1-2H3. The first-order chi connectivity index (χ1) is 17.3. The second-order valence-electron chi connectivity index (χ2n) is 8.54. The number of unbranched alkanes of at least 4 members (excludes halogenated alkanes) is 1. The molecule has 4 aromatic rings. The maximum atomic E-state index is 13.7. The van der Waals surface area contributed by atoms with Gasteiger partial charge in [0.15, 0.2) is 0 Å². The van der Waals surface area contributed by atoms with Gasteiger partial charge in [0.1, 0.15) is 17.2 Å². The summed E-state index contributed by atoms with van der Waals surface area (Å²) < 4.78 is 53.9. The molecule has 0 saturated carbocycles. The monoisotopic (exact) mass is 515 g/mol. The molecule has 0 saturated heterocycles. The third-order valence-corrected chi connectivity index (χ3v) is 7.14. The van der Waals surface area contributed by atoms with Crippen LogP contribution in [0.4, 0.5) is 13.2 Å². The van der Waals surface area contributed by atoms with Gasteiger partial charge >= 0.3 is 12.1 Å². The largest absolute Gasteiger partial charge is 0.488 e. The summed E-state index contributed by atoms with van der Waals surface area (Å²) in [7, 11) is 2.00. The van der Waals surface area contributed by atoms with E-state index in [1.54, 1.807) is 43.3 Å². The molecule has 0 unspecified atom stereocenters. The Labute approximate surface area is 212 Å². The van der Waals surface area contributed by atoms with Crippen LogP contribution in [0, 0.1) is 0 Å². The highest BCUT2D eigenvalue weighted by Crippen LogP contribution is 2.43. The Morgan fingerprint density at radius 3 is 2.53 bits per heavy atom. The van der Waals surface area contributed by atoms with Gasteiger partial charge < -0.3 is 14.0 Å². The Bertz CT molecular complexity index is 1330. The van der Waals surface area contributed by atoms with Crippen LogP contribution in [0.1, 0.15) is 41.6 Å². The molecule has 0 radical (unpaired) electrons. The molecular weight excluding hydrogens is 487 g/mol. The number of carbonyl (C=O) groups excluding carboxylic acids is 1. The number of esters is 1. The lowest BCUT2D eigenvalue weighted by atomic mass is 10.1. The molecule has 2 heterocycles. The van der Waals surface area contributed by atoms with Gasteiger partial charge in [-0.25, -0.2) is 0 Å². The first-order valence-electron chi connectivity index (χ1n) is 11.9. The molecule has 0 N–H and O–H groups in total. The maximum absolute atomic E-state index is 13.7. The second-order valence-corrected chi connectivity index (χ2v) is 9.67. The van der Waals surface area contributed by atoms with Crippen molar-refractivity contribution in [2.75, 3.05) is 6.61 Å². The fourth-order valence-corrected chi connectivity index (χ4v) is 5.19. The molecule has 8 heteroatoms. The summed E-state index contributed by atoms with van der Waals surface area (Å²) in [4.78, 5) is 11.4. The SMILES string of the molecule is CCOC(=O)CCCCc1cc2cc(OCc3cc(-c4ccccc4)c(C(F)(F)F)s3)ccc2n1C. The molecule has 4 rings (SSSR count). The zero-order chi connectivity index (χ0) is 25.7. The summed E-state index contributed by atoms with van der Waals surface area (Å²) in [6.45, 7) is 2.25. The fraction of sp³-hybridized carbons (Fsp3) is 0.321. The van der Waals surface area contributed by atoms with E-state index in [0.717, 1.165) is 47.2 Å². The molecular formula is C28H28F3NO3S. The van der Waals surface area contributed by atoms with Crippen molar-refractivity contribution in [1.29, 1.82) is 0 Å². The van der Waals surface area contributed by atoms with E-state index in [2.05, 4.69) is 10.6 Å². The number of halogens is 3. The highest BCUT2D eigenvalue weighted by atomic mass is 32.1. The number of hydrogen-bond acceptors (Lipinski definition) is 4. The first kappa shape index (κ1) is 25.8. The van der Waals surface area contributed by atoms with Gasteiger partial charge in [0, 0.05) is 40.5 Å². The highest BCUT2D eigenvalue weighted by molar-refractivity contribution is 7.12. The Morgan fingerprint density at radius 1 is 1.03 bits per heavy atom. The zero-order valence-electron chi connectivity index (χ0n) is 20.2. The fourth-order valence-electron chi connectivity index (χ4n) is 4.23. The number of rotatable bonds is 10. The van der Waals surface area contributed by atoms with Crippen LogP contribution in [0.2, 0.25) is 0 Å². The van der Waals surface area contributed by atoms with Crippen LogP contribution in [-0.2, 0) is 35.8 Å². The van der Waals surface area contributed by atoms with Gasteiger partial charge in [-0.3, -0.25) is 4.79 Å². The number of aryl methyl sites for hydroxylation is 2. The van der Waals surface area contributed by atoms with Crippen molar-refractivity contribution in [3.05, 3.63) is 76.1 Å². The van der Waals surface area contributed by atoms with Crippen molar-refractivity contribution in [2.45, 2.75) is 45.4 Å². The van der Waals surface area contributed by atoms with Crippen molar-refractivity contribution in [1.82, 2.24) is 4.57 Å². The van der Waals surface area contributed by atoms with Crippen molar-refractivity contribution >= 4 is 28.2 Å². The molecule has 0 amide bonds. The Kier molecular flexibility index (Phi) is 8.04. The molecule has 2 aromatic heterocycles. The lowest BCUT2D eigenvalue weighted by Gasteiger charge is -2.07. The van der Waals surface area contributed by atoms with Crippen LogP contribution >= 0.6 is 11.3 Å². The lowest BCUT2D eigenvalue weighted by Crippen LogP contribution is -2.04. The van der Waals surface area contributed by atoms with Gasteiger partial charge in [-0.1, -0.05) is 30.3 Å². The quantitative estimate of drug-likeness (QED) is 0.160. The molecule has 2 aromatic carbocycles. The van der Waals surface area contributed by atoms with Gasteiger partial charge in [0.25, 0.3) is 0 Å². The maximum Gasteiger partial charge on any atom is 0.426 e. The molecule has 190 valence electrons. The van der Waals surface area contributed by atoms with Gasteiger partial charge in [-0.2, -0.15) is 13.2 Å². The minimum atomic E-state index is -4.43. The normalized spacial score (nSPS) is 11.7. The number of nitrogens with zero attached hydrogens (tertiary/aromatic N) is 1. The van der Waals surface area contributed by atoms with Crippen molar-refractivity contribution in [2.24, 2.45) is 7.05 Å². The predicted octanol–water partition coefficient (Wildman–Crippen LogP) is 7.78. The van der Waals surface area contributed by atoms with Crippen molar-refractivity contribution in [3.63, 3.8) is 0 Å². The Morgan fingerprint density at radius 2 is 1.81 bits per heavy atom. The van der Waals surface area contributed by atoms with Crippen LogP contribution in [-0.4, -0.2) is 17.1 Å². The van der Waals surface area contributed by atoms with E-state index in [1.807, 2.05) is 25.2 Å². The van der Waals surface area contributed by atoms with Crippen LogP contribution < -0.4 is 4.74 Å². The molecule has 0 fully saturated rings. The van der Waals surface area contributed by atoms with Gasteiger partial charge in [0.2, 0.25) is 0 Å². The minimum Gasteiger partial charge on any atom is -0.488 e. The number of thiophene rings is 1. The molecule has 0 spiro atoms. The van der Waals surface area contributed by atoms with E-state index < -0.39 is 11.1 Å². The van der Waals surface area contributed by atoms with E-state index >= 15 is 0 Å². The summed E-state index contributed by atoms with van der Waals surface area (Å²) in [6, 6.07) is 18.0. The van der Waals surface area contributed by atoms with E-state index in [4.69, 9.17) is 9.47 Å². The molecule has 0 aliphatic rings. The minimum absolute atomic E-state index is 0.0552. The number of hydrogen-bond donors (Lipinski definition) is 0. The van der Waals surface area contributed by atoms with Crippen LogP contribution in [0.3, 0.4) is 0 Å². The molecule has 0 bridgehead atoms. The first-order valence-corrected chi connectivity index (χ1v) is 12.7. The summed E-state index contributed by atoms with van der Waals surface area (Å²) in [5.41, 5.74) is 2.90. The van der Waals surface area contributed by atoms with E-state index in [0.29, 0.717) is 29.2 Å². The predicted molar refractivity (Wildman–Crippen MR) is 136 cm³/mol. The summed E-state index contributed by atoms with van der Waals surface area (Å²) in [6.07, 6.45) is -1.54. The van der Waals surface area contributed by atoms with E-state index in [1.165, 1.54) is 0 Å². The molecule has 0 aliphatic carbocycles. The summed E-state index contributed by atoms with van der Waals surface area (Å²) in [5, 5.41) is 1.00. The van der Waals surface area contributed by atoms with Crippen LogP contribution in [0.5, 0.6) is 5.75 Å². The number of aromatic nitrogens is 1. The molecule has 0 atom stereocenters. The van der Waals surface area contributed by atoms with Crippen molar-refractivity contribution < 1.29 is 27.4 Å². The van der Waals surface area contributed by atoms with E-state index in [-0.39, 0.29) is 18.1 Å². The third kappa shape index (κ3) is 6.10. The van der Waals surface area contributed by atoms with Crippen LogP contribution in [0.25, 0.3) is 22.0 Å². The third-order valence-electron chi connectivity index (χ3n) is 5.99. The molecule has 4 nitrogen and oxygen atoms in total. The summed E-state index contributed by atoms with van der Waals surface area (Å²) >= 11 is 0.720. The number of carbonyl (C=O) groups is 1. The number of alkyl halides is 3. The number of ether oxygens (including phenoxy) is 2. The summed E-state index contributed by atoms with van der Waals surface area (Å²) in [5.74, 6) is 0.436. The number of fused-ring (bicyclic) bond motifs is 1. The lowest BCUT2D eigenvalue weighted by molar-refractivity contribution is -0.143. The Balaban J connectivity index is 1.44. The van der Waals surface area contributed by atoms with Gasteiger partial charge in [0.05, 0.1) is 6.61 Å². The highest BCUT2D eigenvalue weighted by Gasteiger charge is 2.36. The molecule has 36 heavy (non-hydrogen) atoms. The van der Waals surface area contributed by atoms with E-state index in [9.17, 15) is 18.0 Å². The van der Waals surface area contributed by atoms with Gasteiger partial charge in [-0.15, -0.1) is 11.3 Å². The molecule has 0 aliphatic heterocycles. The Hall–Kier alpha value is -3.26. The van der Waals surface area contributed by atoms with Crippen molar-refractivity contribution in [3.8, 4) is 16.9 Å². The number of benzene rings is 2. The second kappa shape index (κ2) is 11.2. The smallest absolute Gasteiger partial charge is 0.426 e. The van der Waals surface area contributed by atoms with Crippen LogP contribution in [0.15, 0.2) is 60.7 Å².